The molecule has 182 valence electrons. The number of hydrogen-bond donors (Lipinski definition) is 4. The normalized spacial score (nSPS) is 13.2. The molecular weight excluding hydrogens is 475 g/mol. The highest BCUT2D eigenvalue weighted by molar-refractivity contribution is 6.35. The van der Waals surface area contributed by atoms with Gasteiger partial charge >= 0.3 is 5.97 Å². The molecule has 0 aliphatic carbocycles. The Morgan fingerprint density at radius 2 is 1.59 bits per heavy atom. The summed E-state index contributed by atoms with van der Waals surface area (Å²) in [7, 11) is 0. The Balaban J connectivity index is 1.42. The summed E-state index contributed by atoms with van der Waals surface area (Å²) in [5.74, 6) is -2.42. The van der Waals surface area contributed by atoms with E-state index in [0.29, 0.717) is 28.1 Å². The number of anilines is 2. The van der Waals surface area contributed by atoms with Crippen LogP contribution in [-0.4, -0.2) is 28.0 Å². The summed E-state index contributed by atoms with van der Waals surface area (Å²) in [5, 5.41) is 25.1. The van der Waals surface area contributed by atoms with Crippen molar-refractivity contribution >= 4 is 40.8 Å². The van der Waals surface area contributed by atoms with Crippen molar-refractivity contribution in [2.45, 2.75) is 0 Å². The van der Waals surface area contributed by atoms with Crippen molar-refractivity contribution in [3.05, 3.63) is 113 Å². The van der Waals surface area contributed by atoms with Crippen molar-refractivity contribution in [1.29, 1.82) is 0 Å². The second kappa shape index (κ2) is 9.43. The number of carbonyl (C=O) groups excluding carboxylic acids is 2. The van der Waals surface area contributed by atoms with Gasteiger partial charge in [-0.1, -0.05) is 24.3 Å². The standard InChI is InChI=1S/C29H19FN2O5/c30-21-2-1-3-22(15-21)31-27(34)17-6-4-16(5-7-17)18-9-11-26(33)20(12-18)14-24-23-13-19(29(36)37)8-10-25(23)32-28(24)35/h1-15,33H,(H,31,34)(H,32,35)(H,36,37)/b24-14-. The smallest absolute Gasteiger partial charge is 0.335 e. The Labute approximate surface area is 210 Å². The molecule has 8 heteroatoms. The Morgan fingerprint density at radius 1 is 0.865 bits per heavy atom. The van der Waals surface area contributed by atoms with Gasteiger partial charge in [-0.2, -0.15) is 0 Å². The fraction of sp³-hybridized carbons (Fsp3) is 0. The van der Waals surface area contributed by atoms with Crippen LogP contribution in [0.15, 0.2) is 84.9 Å². The molecule has 0 bridgehead atoms. The van der Waals surface area contributed by atoms with E-state index in [0.717, 1.165) is 11.1 Å². The van der Waals surface area contributed by atoms with Crippen molar-refractivity contribution in [2.24, 2.45) is 0 Å². The first-order valence-corrected chi connectivity index (χ1v) is 11.2. The van der Waals surface area contributed by atoms with Crippen LogP contribution >= 0.6 is 0 Å². The maximum Gasteiger partial charge on any atom is 0.335 e. The van der Waals surface area contributed by atoms with Crippen LogP contribution in [0.5, 0.6) is 5.75 Å². The van der Waals surface area contributed by atoms with Crippen LogP contribution in [0.4, 0.5) is 15.8 Å². The molecule has 37 heavy (non-hydrogen) atoms. The summed E-state index contributed by atoms with van der Waals surface area (Å²) in [6.45, 7) is 0. The quantitative estimate of drug-likeness (QED) is 0.268. The number of amides is 2. The molecule has 0 saturated carbocycles. The fourth-order valence-electron chi connectivity index (χ4n) is 4.05. The van der Waals surface area contributed by atoms with E-state index in [2.05, 4.69) is 10.6 Å². The summed E-state index contributed by atoms with van der Waals surface area (Å²) in [6.07, 6.45) is 1.51. The number of nitrogens with one attached hydrogen (secondary N) is 2. The minimum atomic E-state index is -1.11. The highest BCUT2D eigenvalue weighted by atomic mass is 19.1. The minimum Gasteiger partial charge on any atom is -0.507 e. The average molecular weight is 494 g/mol. The van der Waals surface area contributed by atoms with Crippen molar-refractivity contribution < 1.29 is 29.0 Å². The van der Waals surface area contributed by atoms with Crippen LogP contribution in [0.3, 0.4) is 0 Å². The van der Waals surface area contributed by atoms with Gasteiger partial charge in [-0.15, -0.1) is 0 Å². The number of phenolic OH excluding ortho intramolecular Hbond substituents is 1. The molecule has 4 aromatic rings. The number of aromatic carboxylic acids is 1. The highest BCUT2D eigenvalue weighted by Gasteiger charge is 2.25. The van der Waals surface area contributed by atoms with Gasteiger partial charge in [-0.25, -0.2) is 9.18 Å². The van der Waals surface area contributed by atoms with Crippen LogP contribution in [-0.2, 0) is 4.79 Å². The molecule has 5 rings (SSSR count). The Morgan fingerprint density at radius 3 is 2.32 bits per heavy atom. The minimum absolute atomic E-state index is 0.0423. The summed E-state index contributed by atoms with van der Waals surface area (Å²) >= 11 is 0. The number of carboxylic acid groups (broad SMARTS) is 1. The zero-order chi connectivity index (χ0) is 26.1. The lowest BCUT2D eigenvalue weighted by Gasteiger charge is -2.09. The third kappa shape index (κ3) is 4.81. The predicted molar refractivity (Wildman–Crippen MR) is 138 cm³/mol. The maximum atomic E-state index is 13.4. The van der Waals surface area contributed by atoms with E-state index in [1.807, 2.05) is 0 Å². The predicted octanol–water partition coefficient (Wildman–Crippen LogP) is 5.64. The van der Waals surface area contributed by atoms with Gasteiger partial charge in [0.25, 0.3) is 11.8 Å². The molecule has 0 spiro atoms. The average Bonchev–Trinajstić information content (AvgIpc) is 3.19. The first-order valence-electron chi connectivity index (χ1n) is 11.2. The van der Waals surface area contributed by atoms with E-state index in [9.17, 15) is 29.0 Å². The molecule has 0 unspecified atom stereocenters. The number of rotatable bonds is 5. The van der Waals surface area contributed by atoms with E-state index in [1.54, 1.807) is 42.5 Å². The zero-order valence-corrected chi connectivity index (χ0v) is 19.2. The topological polar surface area (TPSA) is 116 Å². The van der Waals surface area contributed by atoms with E-state index < -0.39 is 17.7 Å². The molecule has 1 aliphatic heterocycles. The SMILES string of the molecule is O=C1Nc2ccc(C(=O)O)cc2/C1=C/c1cc(-c2ccc(C(=O)Nc3cccc(F)c3)cc2)ccc1O. The van der Waals surface area contributed by atoms with E-state index >= 15 is 0 Å². The van der Waals surface area contributed by atoms with Crippen molar-refractivity contribution in [3.8, 4) is 16.9 Å². The molecule has 0 saturated heterocycles. The number of phenols is 1. The Hall–Kier alpha value is -5.24. The number of hydrogen-bond acceptors (Lipinski definition) is 4. The molecule has 1 aliphatic rings. The van der Waals surface area contributed by atoms with Crippen LogP contribution in [0.1, 0.15) is 31.8 Å². The Bertz CT molecular complexity index is 1610. The molecule has 2 amide bonds. The molecule has 1 heterocycles. The van der Waals surface area contributed by atoms with Gasteiger partial charge in [0.2, 0.25) is 0 Å². The molecule has 7 nitrogen and oxygen atoms in total. The molecule has 0 radical (unpaired) electrons. The van der Waals surface area contributed by atoms with Crippen molar-refractivity contribution in [3.63, 3.8) is 0 Å². The van der Waals surface area contributed by atoms with Gasteiger partial charge < -0.3 is 20.8 Å². The van der Waals surface area contributed by atoms with Gasteiger partial charge in [0.1, 0.15) is 11.6 Å². The third-order valence-electron chi connectivity index (χ3n) is 5.94. The van der Waals surface area contributed by atoms with Crippen molar-refractivity contribution in [2.75, 3.05) is 10.6 Å². The lowest BCUT2D eigenvalue weighted by Crippen LogP contribution is -2.11. The summed E-state index contributed by atoms with van der Waals surface area (Å²) in [6, 6.07) is 21.6. The Kier molecular flexibility index (Phi) is 5.99. The number of carboxylic acids is 1. The molecule has 0 fully saturated rings. The lowest BCUT2D eigenvalue weighted by molar-refractivity contribution is -0.110. The monoisotopic (exact) mass is 494 g/mol. The van der Waals surface area contributed by atoms with E-state index in [1.165, 1.54) is 48.5 Å². The van der Waals surface area contributed by atoms with Gasteiger partial charge in [0, 0.05) is 33.6 Å². The lowest BCUT2D eigenvalue weighted by atomic mass is 9.98. The number of halogens is 1. The number of fused-ring (bicyclic) bond motifs is 1. The van der Waals surface area contributed by atoms with Crippen LogP contribution in [0.2, 0.25) is 0 Å². The van der Waals surface area contributed by atoms with E-state index in [-0.39, 0.29) is 22.8 Å². The van der Waals surface area contributed by atoms with E-state index in [4.69, 9.17) is 0 Å². The van der Waals surface area contributed by atoms with Gasteiger partial charge in [-0.3, -0.25) is 9.59 Å². The second-order valence-corrected chi connectivity index (χ2v) is 8.39. The molecule has 4 aromatic carbocycles. The van der Waals surface area contributed by atoms with Crippen molar-refractivity contribution in [1.82, 2.24) is 0 Å². The molecule has 0 aromatic heterocycles. The molecule has 4 N–H and O–H groups in total. The van der Waals surface area contributed by atoms with Gasteiger partial charge in [0.15, 0.2) is 0 Å². The zero-order valence-electron chi connectivity index (χ0n) is 19.2. The third-order valence-corrected chi connectivity index (χ3v) is 5.94. The molecule has 0 atom stereocenters. The number of benzene rings is 4. The van der Waals surface area contributed by atoms with Crippen LogP contribution < -0.4 is 10.6 Å². The molecular formula is C29H19FN2O5. The summed E-state index contributed by atoms with van der Waals surface area (Å²) in [5.41, 5.74) is 3.76. The van der Waals surface area contributed by atoms with Gasteiger partial charge in [-0.05, 0) is 77.9 Å². The summed E-state index contributed by atoms with van der Waals surface area (Å²) in [4.78, 5) is 36.4. The highest BCUT2D eigenvalue weighted by Crippen LogP contribution is 2.36. The number of carbonyl (C=O) groups is 3. The second-order valence-electron chi connectivity index (χ2n) is 8.39. The summed E-state index contributed by atoms with van der Waals surface area (Å²) < 4.78 is 13.4. The largest absolute Gasteiger partial charge is 0.507 e. The maximum absolute atomic E-state index is 13.4. The first kappa shape index (κ1) is 23.5. The van der Waals surface area contributed by atoms with Crippen LogP contribution in [0.25, 0.3) is 22.8 Å². The van der Waals surface area contributed by atoms with Crippen LogP contribution in [0, 0.1) is 5.82 Å². The number of aromatic hydroxyl groups is 1. The van der Waals surface area contributed by atoms with Gasteiger partial charge in [0.05, 0.1) is 5.56 Å². The fourth-order valence-corrected chi connectivity index (χ4v) is 4.05. The first-order chi connectivity index (χ1) is 17.8.